The molecule has 0 fully saturated rings. The van der Waals surface area contributed by atoms with Crippen LogP contribution in [0.3, 0.4) is 0 Å². The first-order chi connectivity index (χ1) is 16.1. The summed E-state index contributed by atoms with van der Waals surface area (Å²) in [6.07, 6.45) is 0. The molecule has 1 unspecified atom stereocenters. The van der Waals surface area contributed by atoms with E-state index in [1.165, 1.54) is 0 Å². The van der Waals surface area contributed by atoms with Gasteiger partial charge in [-0.2, -0.15) is 5.26 Å². The first kappa shape index (κ1) is 20.7. The van der Waals surface area contributed by atoms with E-state index in [4.69, 9.17) is 26.8 Å². The predicted octanol–water partition coefficient (Wildman–Crippen LogP) is 5.53. The number of nitrogens with one attached hydrogen (secondary N) is 1. The fourth-order valence-corrected chi connectivity index (χ4v) is 4.17. The van der Waals surface area contributed by atoms with Crippen molar-refractivity contribution in [1.29, 1.82) is 5.26 Å². The summed E-state index contributed by atoms with van der Waals surface area (Å²) >= 11 is 6.05. The van der Waals surface area contributed by atoms with Crippen LogP contribution in [0.1, 0.15) is 22.6 Å². The second-order valence-electron chi connectivity index (χ2n) is 7.60. The monoisotopic (exact) mass is 454 g/mol. The zero-order valence-corrected chi connectivity index (χ0v) is 18.2. The summed E-state index contributed by atoms with van der Waals surface area (Å²) in [6, 6.07) is 27.2. The third-order valence-corrected chi connectivity index (χ3v) is 5.74. The molecule has 6 nitrogen and oxygen atoms in total. The quantitative estimate of drug-likeness (QED) is 0.413. The van der Waals surface area contributed by atoms with Crippen LogP contribution in [0.5, 0.6) is 11.6 Å². The Bertz CT molecular complexity index is 1370. The number of fused-ring (bicyclic) bond motifs is 1. The number of ether oxygens (including phenoxy) is 2. The van der Waals surface area contributed by atoms with E-state index < -0.39 is 5.92 Å². The summed E-state index contributed by atoms with van der Waals surface area (Å²) in [6.45, 7) is 0.400. The number of rotatable bonds is 5. The van der Waals surface area contributed by atoms with Gasteiger partial charge in [0.2, 0.25) is 11.8 Å². The number of hydrogen-bond donors (Lipinski definition) is 2. The molecule has 2 heterocycles. The third-order valence-electron chi connectivity index (χ3n) is 5.51. The van der Waals surface area contributed by atoms with Crippen molar-refractivity contribution < 1.29 is 9.47 Å². The van der Waals surface area contributed by atoms with E-state index in [1.807, 2.05) is 78.9 Å². The third kappa shape index (κ3) is 4.02. The molecule has 5 rings (SSSR count). The van der Waals surface area contributed by atoms with Gasteiger partial charge in [-0.25, -0.2) is 0 Å². The SMILES string of the molecule is N#CC1=C(N)Oc2n[nH]c(-c3ccccc3)c2C1c1ccc(OCc2cccc(Cl)c2)cc1. The molecule has 0 saturated heterocycles. The number of nitriles is 1. The normalized spacial score (nSPS) is 14.8. The summed E-state index contributed by atoms with van der Waals surface area (Å²) in [7, 11) is 0. The maximum absolute atomic E-state index is 9.87. The van der Waals surface area contributed by atoms with Crippen LogP contribution in [0.25, 0.3) is 11.3 Å². The lowest BCUT2D eigenvalue weighted by Gasteiger charge is -2.24. The molecule has 0 spiro atoms. The van der Waals surface area contributed by atoms with Gasteiger partial charge in [-0.15, -0.1) is 5.10 Å². The fraction of sp³-hybridized carbons (Fsp3) is 0.0769. The van der Waals surface area contributed by atoms with E-state index in [9.17, 15) is 5.26 Å². The fourth-order valence-electron chi connectivity index (χ4n) is 3.95. The summed E-state index contributed by atoms with van der Waals surface area (Å²) in [5, 5.41) is 17.9. The molecular weight excluding hydrogens is 436 g/mol. The lowest BCUT2D eigenvalue weighted by Crippen LogP contribution is -2.21. The van der Waals surface area contributed by atoms with Gasteiger partial charge in [-0.1, -0.05) is 66.2 Å². The van der Waals surface area contributed by atoms with Crippen LogP contribution in [0, 0.1) is 11.3 Å². The minimum Gasteiger partial charge on any atom is -0.489 e. The predicted molar refractivity (Wildman–Crippen MR) is 126 cm³/mol. The molecule has 1 atom stereocenters. The largest absolute Gasteiger partial charge is 0.489 e. The van der Waals surface area contributed by atoms with Crippen LogP contribution in [0.15, 0.2) is 90.3 Å². The van der Waals surface area contributed by atoms with Gasteiger partial charge >= 0.3 is 0 Å². The Morgan fingerprint density at radius 1 is 1.06 bits per heavy atom. The Kier molecular flexibility index (Phi) is 5.47. The number of aromatic nitrogens is 2. The van der Waals surface area contributed by atoms with Gasteiger partial charge in [-0.3, -0.25) is 5.10 Å². The van der Waals surface area contributed by atoms with Crippen LogP contribution >= 0.6 is 11.6 Å². The van der Waals surface area contributed by atoms with Crippen molar-refractivity contribution in [2.45, 2.75) is 12.5 Å². The number of allylic oxidation sites excluding steroid dienone is 1. The lowest BCUT2D eigenvalue weighted by atomic mass is 9.83. The molecule has 0 saturated carbocycles. The second-order valence-corrected chi connectivity index (χ2v) is 8.03. The summed E-state index contributed by atoms with van der Waals surface area (Å²) in [4.78, 5) is 0. The van der Waals surface area contributed by atoms with E-state index in [0.717, 1.165) is 27.9 Å². The van der Waals surface area contributed by atoms with Crippen LogP contribution in [-0.4, -0.2) is 10.2 Å². The molecule has 3 aromatic carbocycles. The highest BCUT2D eigenvalue weighted by Crippen LogP contribution is 2.45. The molecule has 1 aromatic heterocycles. The van der Waals surface area contributed by atoms with E-state index >= 15 is 0 Å². The van der Waals surface area contributed by atoms with Gasteiger partial charge in [0.05, 0.1) is 17.2 Å². The van der Waals surface area contributed by atoms with Crippen molar-refractivity contribution in [3.63, 3.8) is 0 Å². The molecule has 33 heavy (non-hydrogen) atoms. The summed E-state index contributed by atoms with van der Waals surface area (Å²) in [5.41, 5.74) is 10.8. The number of nitrogens with two attached hydrogens (primary N) is 1. The molecule has 162 valence electrons. The van der Waals surface area contributed by atoms with Gasteiger partial charge in [0.15, 0.2) is 0 Å². The van der Waals surface area contributed by atoms with Gasteiger partial charge in [0.1, 0.15) is 24.0 Å². The van der Waals surface area contributed by atoms with Crippen LogP contribution in [0.2, 0.25) is 5.02 Å². The smallest absolute Gasteiger partial charge is 0.244 e. The van der Waals surface area contributed by atoms with E-state index in [1.54, 1.807) is 0 Å². The van der Waals surface area contributed by atoms with E-state index in [2.05, 4.69) is 16.3 Å². The highest BCUT2D eigenvalue weighted by Gasteiger charge is 2.35. The van der Waals surface area contributed by atoms with Crippen molar-refractivity contribution in [2.75, 3.05) is 0 Å². The number of H-pyrrole nitrogens is 1. The molecule has 0 aliphatic carbocycles. The van der Waals surface area contributed by atoms with Gasteiger partial charge in [0.25, 0.3) is 0 Å². The van der Waals surface area contributed by atoms with Crippen LogP contribution < -0.4 is 15.2 Å². The van der Waals surface area contributed by atoms with Crippen molar-refractivity contribution in [3.05, 3.63) is 112 Å². The first-order valence-electron chi connectivity index (χ1n) is 10.3. The first-order valence-corrected chi connectivity index (χ1v) is 10.7. The highest BCUT2D eigenvalue weighted by molar-refractivity contribution is 6.30. The molecule has 7 heteroatoms. The molecule has 1 aliphatic rings. The number of benzene rings is 3. The van der Waals surface area contributed by atoms with Crippen LogP contribution in [0.4, 0.5) is 0 Å². The average molecular weight is 455 g/mol. The van der Waals surface area contributed by atoms with E-state index in [-0.39, 0.29) is 5.88 Å². The molecule has 3 N–H and O–H groups in total. The number of nitrogens with zero attached hydrogens (tertiary/aromatic N) is 2. The molecule has 0 amide bonds. The van der Waals surface area contributed by atoms with Gasteiger partial charge < -0.3 is 15.2 Å². The lowest BCUT2D eigenvalue weighted by molar-refractivity contribution is 0.306. The zero-order valence-electron chi connectivity index (χ0n) is 17.5. The number of aromatic amines is 1. The molecule has 0 radical (unpaired) electrons. The maximum atomic E-state index is 9.87. The molecule has 4 aromatic rings. The average Bonchev–Trinajstić information content (AvgIpc) is 3.26. The van der Waals surface area contributed by atoms with Gasteiger partial charge in [-0.05, 0) is 41.0 Å². The van der Waals surface area contributed by atoms with E-state index in [0.29, 0.717) is 28.8 Å². The Morgan fingerprint density at radius 2 is 1.85 bits per heavy atom. The standard InChI is InChI=1S/C26H19ClN4O2/c27-19-8-4-5-16(13-19)15-32-20-11-9-17(10-12-20)22-21(14-28)25(29)33-26-23(22)24(30-31-26)18-6-2-1-3-7-18/h1-13,22H,15,29H2,(H,30,31). The van der Waals surface area contributed by atoms with Crippen LogP contribution in [-0.2, 0) is 6.61 Å². The highest BCUT2D eigenvalue weighted by atomic mass is 35.5. The Morgan fingerprint density at radius 3 is 2.58 bits per heavy atom. The molecule has 0 bridgehead atoms. The summed E-state index contributed by atoms with van der Waals surface area (Å²) < 4.78 is 11.6. The molecular formula is C26H19ClN4O2. The van der Waals surface area contributed by atoms with Crippen molar-refractivity contribution in [2.24, 2.45) is 5.73 Å². The Balaban J connectivity index is 1.48. The van der Waals surface area contributed by atoms with Crippen molar-refractivity contribution >= 4 is 11.6 Å². The minimum absolute atomic E-state index is 0.0578. The number of halogens is 1. The zero-order chi connectivity index (χ0) is 22.8. The molecule has 1 aliphatic heterocycles. The van der Waals surface area contributed by atoms with Crippen molar-refractivity contribution in [1.82, 2.24) is 10.2 Å². The summed E-state index contributed by atoms with van der Waals surface area (Å²) in [5.74, 6) is 0.714. The Hall–Kier alpha value is -4.21. The van der Waals surface area contributed by atoms with Crippen molar-refractivity contribution in [3.8, 4) is 29.0 Å². The second kappa shape index (κ2) is 8.73. The minimum atomic E-state index is -0.422. The number of hydrogen-bond acceptors (Lipinski definition) is 5. The van der Waals surface area contributed by atoms with Gasteiger partial charge in [0, 0.05) is 5.02 Å². The Labute approximate surface area is 195 Å². The topological polar surface area (TPSA) is 97.0 Å². The maximum Gasteiger partial charge on any atom is 0.244 e.